The first-order valence-electron chi connectivity index (χ1n) is 7.44. The van der Waals surface area contributed by atoms with Gasteiger partial charge < -0.3 is 0 Å². The molecule has 0 fully saturated rings. The van der Waals surface area contributed by atoms with Gasteiger partial charge in [0.25, 0.3) is 0 Å². The third kappa shape index (κ3) is 2.52. The highest BCUT2D eigenvalue weighted by Gasteiger charge is 2.15. The lowest BCUT2D eigenvalue weighted by Gasteiger charge is -2.09. The molecule has 0 saturated carbocycles. The fourth-order valence-electron chi connectivity index (χ4n) is 2.87. The van der Waals surface area contributed by atoms with Crippen LogP contribution in [-0.2, 0) is 0 Å². The molecule has 0 radical (unpaired) electrons. The van der Waals surface area contributed by atoms with Crippen molar-refractivity contribution in [3.8, 4) is 0 Å². The lowest BCUT2D eigenvalue weighted by molar-refractivity contribution is 0.103. The highest BCUT2D eigenvalue weighted by molar-refractivity contribution is 6.15. The molecule has 1 heterocycles. The molecule has 22 heavy (non-hydrogen) atoms. The molecule has 0 aliphatic carbocycles. The molecule has 2 nitrogen and oxygen atoms in total. The van der Waals surface area contributed by atoms with Crippen LogP contribution in [0, 0.1) is 27.7 Å². The van der Waals surface area contributed by atoms with E-state index in [4.69, 9.17) is 0 Å². The van der Waals surface area contributed by atoms with Crippen molar-refractivity contribution in [2.75, 3.05) is 0 Å². The Bertz CT molecular complexity index is 873. The summed E-state index contributed by atoms with van der Waals surface area (Å²) in [4.78, 5) is 17.3. The first kappa shape index (κ1) is 14.5. The van der Waals surface area contributed by atoms with E-state index < -0.39 is 0 Å². The molecular weight excluding hydrogens is 270 g/mol. The highest BCUT2D eigenvalue weighted by Crippen LogP contribution is 2.24. The molecule has 1 aromatic heterocycles. The minimum Gasteiger partial charge on any atom is -0.287 e. The molecular formula is C20H19NO. The molecule has 0 unspecified atom stereocenters. The normalized spacial score (nSPS) is 10.9. The summed E-state index contributed by atoms with van der Waals surface area (Å²) < 4.78 is 0. The molecule has 0 aliphatic heterocycles. The van der Waals surface area contributed by atoms with Crippen LogP contribution in [-0.4, -0.2) is 10.8 Å². The van der Waals surface area contributed by atoms with Crippen molar-refractivity contribution in [1.29, 1.82) is 0 Å². The minimum atomic E-state index is -0.0133. The van der Waals surface area contributed by atoms with Crippen LogP contribution < -0.4 is 0 Å². The summed E-state index contributed by atoms with van der Waals surface area (Å²) in [5.74, 6) is -0.0133. The first-order chi connectivity index (χ1) is 10.5. The average Bonchev–Trinajstić information content (AvgIpc) is 2.46. The van der Waals surface area contributed by atoms with Crippen LogP contribution in [0.5, 0.6) is 0 Å². The number of benzene rings is 2. The number of hydrogen-bond acceptors (Lipinski definition) is 2. The van der Waals surface area contributed by atoms with Crippen molar-refractivity contribution >= 4 is 16.6 Å². The maximum absolute atomic E-state index is 12.9. The van der Waals surface area contributed by atoms with E-state index in [9.17, 15) is 4.79 Å². The number of hydrogen-bond donors (Lipinski definition) is 0. The summed E-state index contributed by atoms with van der Waals surface area (Å²) >= 11 is 0. The average molecular weight is 289 g/mol. The lowest BCUT2D eigenvalue weighted by atomic mass is 9.97. The smallest absolute Gasteiger partial charge is 0.211 e. The number of nitrogens with zero attached hydrogens (tertiary/aromatic N) is 1. The summed E-state index contributed by atoms with van der Waals surface area (Å²) in [5.41, 5.74) is 5.83. The second-order valence-corrected chi connectivity index (χ2v) is 6.02. The van der Waals surface area contributed by atoms with E-state index in [0.717, 1.165) is 21.9 Å². The van der Waals surface area contributed by atoms with E-state index in [1.807, 2.05) is 32.0 Å². The van der Waals surface area contributed by atoms with Crippen LogP contribution >= 0.6 is 0 Å². The summed E-state index contributed by atoms with van der Waals surface area (Å²) in [6.07, 6.45) is 1.72. The van der Waals surface area contributed by atoms with Crippen LogP contribution in [0.3, 0.4) is 0 Å². The van der Waals surface area contributed by atoms with Crippen molar-refractivity contribution in [2.24, 2.45) is 0 Å². The van der Waals surface area contributed by atoms with Gasteiger partial charge in [0.05, 0.1) is 0 Å². The van der Waals surface area contributed by atoms with Gasteiger partial charge in [-0.2, -0.15) is 0 Å². The third-order valence-corrected chi connectivity index (χ3v) is 4.08. The second kappa shape index (κ2) is 5.38. The Hall–Kier alpha value is -2.48. The number of fused-ring (bicyclic) bond motifs is 1. The van der Waals surface area contributed by atoms with E-state index in [2.05, 4.69) is 37.0 Å². The number of carbonyl (C=O) groups excluding carboxylic acids is 1. The van der Waals surface area contributed by atoms with Gasteiger partial charge in [0.15, 0.2) is 0 Å². The van der Waals surface area contributed by atoms with Crippen molar-refractivity contribution in [3.05, 3.63) is 76.1 Å². The molecule has 2 heteroatoms. The highest BCUT2D eigenvalue weighted by atomic mass is 16.1. The van der Waals surface area contributed by atoms with Crippen LogP contribution in [0.1, 0.15) is 38.3 Å². The molecule has 3 aromatic rings. The standard InChI is InChI=1S/C20H19NO/c1-12-7-13(2)9-17(8-12)20(22)19-18-11-15(4)14(3)10-16(18)5-6-21-19/h5-11H,1-4H3. The lowest BCUT2D eigenvalue weighted by Crippen LogP contribution is -2.06. The Balaban J connectivity index is 2.21. The molecule has 0 atom stereocenters. The van der Waals surface area contributed by atoms with E-state index in [1.165, 1.54) is 11.1 Å². The van der Waals surface area contributed by atoms with Crippen LogP contribution in [0.25, 0.3) is 10.8 Å². The van der Waals surface area contributed by atoms with Gasteiger partial charge in [-0.3, -0.25) is 9.78 Å². The zero-order valence-corrected chi connectivity index (χ0v) is 13.4. The van der Waals surface area contributed by atoms with Gasteiger partial charge in [-0.25, -0.2) is 0 Å². The molecule has 0 N–H and O–H groups in total. The predicted molar refractivity (Wildman–Crippen MR) is 90.6 cm³/mol. The molecule has 0 saturated heterocycles. The van der Waals surface area contributed by atoms with E-state index in [0.29, 0.717) is 11.3 Å². The van der Waals surface area contributed by atoms with E-state index in [-0.39, 0.29) is 5.78 Å². The van der Waals surface area contributed by atoms with Crippen molar-refractivity contribution < 1.29 is 4.79 Å². The van der Waals surface area contributed by atoms with Gasteiger partial charge in [-0.1, -0.05) is 23.3 Å². The van der Waals surface area contributed by atoms with E-state index >= 15 is 0 Å². The number of aromatic nitrogens is 1. The van der Waals surface area contributed by atoms with Crippen LogP contribution in [0.15, 0.2) is 42.6 Å². The molecule has 110 valence electrons. The molecule has 2 aromatic carbocycles. The third-order valence-electron chi connectivity index (χ3n) is 4.08. The number of carbonyl (C=O) groups is 1. The SMILES string of the molecule is Cc1cc(C)cc(C(=O)c2nccc3cc(C)c(C)cc23)c1. The Labute approximate surface area is 130 Å². The molecule has 0 amide bonds. The Morgan fingerprint density at radius 1 is 0.864 bits per heavy atom. The topological polar surface area (TPSA) is 30.0 Å². The predicted octanol–water partition coefficient (Wildman–Crippen LogP) is 4.70. The minimum absolute atomic E-state index is 0.0133. The number of ketones is 1. The van der Waals surface area contributed by atoms with Crippen LogP contribution in [0.4, 0.5) is 0 Å². The maximum atomic E-state index is 12.9. The van der Waals surface area contributed by atoms with E-state index in [1.54, 1.807) is 6.20 Å². The van der Waals surface area contributed by atoms with Gasteiger partial charge in [0.2, 0.25) is 5.78 Å². The second-order valence-electron chi connectivity index (χ2n) is 6.02. The van der Waals surface area contributed by atoms with Gasteiger partial charge in [0, 0.05) is 17.1 Å². The monoisotopic (exact) mass is 289 g/mol. The fourth-order valence-corrected chi connectivity index (χ4v) is 2.87. The fraction of sp³-hybridized carbons (Fsp3) is 0.200. The van der Waals surface area contributed by atoms with Gasteiger partial charge in [-0.05, 0) is 68.5 Å². The molecule has 0 spiro atoms. The molecule has 0 bridgehead atoms. The van der Waals surface area contributed by atoms with Crippen molar-refractivity contribution in [2.45, 2.75) is 27.7 Å². The Morgan fingerprint density at radius 3 is 2.18 bits per heavy atom. The van der Waals surface area contributed by atoms with Crippen molar-refractivity contribution in [1.82, 2.24) is 4.98 Å². The van der Waals surface area contributed by atoms with Crippen LogP contribution in [0.2, 0.25) is 0 Å². The number of aryl methyl sites for hydroxylation is 4. The quantitative estimate of drug-likeness (QED) is 0.640. The first-order valence-corrected chi connectivity index (χ1v) is 7.44. The Morgan fingerprint density at radius 2 is 1.50 bits per heavy atom. The Kier molecular flexibility index (Phi) is 3.53. The summed E-state index contributed by atoms with van der Waals surface area (Å²) in [7, 11) is 0. The zero-order chi connectivity index (χ0) is 15.9. The number of pyridine rings is 1. The summed E-state index contributed by atoms with van der Waals surface area (Å²) in [6.45, 7) is 8.16. The number of rotatable bonds is 2. The molecule has 0 aliphatic rings. The zero-order valence-electron chi connectivity index (χ0n) is 13.4. The maximum Gasteiger partial charge on any atom is 0.211 e. The van der Waals surface area contributed by atoms with Gasteiger partial charge >= 0.3 is 0 Å². The summed E-state index contributed by atoms with van der Waals surface area (Å²) in [5, 5.41) is 1.99. The van der Waals surface area contributed by atoms with Gasteiger partial charge in [-0.15, -0.1) is 0 Å². The molecule has 3 rings (SSSR count). The van der Waals surface area contributed by atoms with Crippen molar-refractivity contribution in [3.63, 3.8) is 0 Å². The van der Waals surface area contributed by atoms with Gasteiger partial charge in [0.1, 0.15) is 5.69 Å². The largest absolute Gasteiger partial charge is 0.287 e. The summed E-state index contributed by atoms with van der Waals surface area (Å²) in [6, 6.07) is 12.1.